The molecule has 124 valence electrons. The molecule has 4 nitrogen and oxygen atoms in total. The quantitative estimate of drug-likeness (QED) is 0.772. The molecular weight excluding hydrogens is 375 g/mol. The molecule has 1 N–H and O–H groups in total. The number of anilines is 1. The zero-order valence-electron chi connectivity index (χ0n) is 13.2. The Labute approximate surface area is 147 Å². The summed E-state index contributed by atoms with van der Waals surface area (Å²) in [4.78, 5) is 14.3. The standard InChI is InChI=1S/C18H16BrFN2O2/c1-10-16-14-9-11(19)3-8-15(14)24-18(10,2)22(17(23)21-16)13-6-4-12(20)5-7-13/h3-10,16H,1-2H3,(H,21,23). The van der Waals surface area contributed by atoms with Crippen molar-refractivity contribution in [2.75, 3.05) is 4.90 Å². The van der Waals surface area contributed by atoms with Gasteiger partial charge >= 0.3 is 6.03 Å². The average Bonchev–Trinajstić information content (AvgIpc) is 2.53. The van der Waals surface area contributed by atoms with Gasteiger partial charge in [-0.3, -0.25) is 4.90 Å². The van der Waals surface area contributed by atoms with Gasteiger partial charge in [0.1, 0.15) is 11.6 Å². The van der Waals surface area contributed by atoms with Crippen molar-refractivity contribution >= 4 is 27.6 Å². The lowest BCUT2D eigenvalue weighted by Gasteiger charge is -2.54. The van der Waals surface area contributed by atoms with Crippen LogP contribution in [0.5, 0.6) is 5.75 Å². The number of benzene rings is 2. The summed E-state index contributed by atoms with van der Waals surface area (Å²) in [6.45, 7) is 3.95. The molecule has 0 aliphatic carbocycles. The molecule has 2 heterocycles. The topological polar surface area (TPSA) is 41.6 Å². The van der Waals surface area contributed by atoms with Gasteiger partial charge in [-0.15, -0.1) is 0 Å². The first-order chi connectivity index (χ1) is 11.4. The van der Waals surface area contributed by atoms with Crippen LogP contribution >= 0.6 is 15.9 Å². The van der Waals surface area contributed by atoms with Crippen molar-refractivity contribution in [2.24, 2.45) is 5.92 Å². The Morgan fingerprint density at radius 2 is 1.96 bits per heavy atom. The lowest BCUT2D eigenvalue weighted by Crippen LogP contribution is -2.69. The van der Waals surface area contributed by atoms with E-state index in [2.05, 4.69) is 21.2 Å². The summed E-state index contributed by atoms with van der Waals surface area (Å²) in [5, 5.41) is 3.06. The molecule has 2 aliphatic rings. The second-order valence-corrected chi connectivity index (χ2v) is 7.28. The summed E-state index contributed by atoms with van der Waals surface area (Å²) in [6.07, 6.45) is 0. The third-order valence-corrected chi connectivity index (χ3v) is 5.47. The smallest absolute Gasteiger partial charge is 0.325 e. The highest BCUT2D eigenvalue weighted by atomic mass is 79.9. The molecule has 2 aromatic rings. The predicted octanol–water partition coefficient (Wildman–Crippen LogP) is 4.60. The van der Waals surface area contributed by atoms with Gasteiger partial charge in [0.15, 0.2) is 5.72 Å². The molecule has 6 heteroatoms. The Balaban J connectivity index is 1.84. The van der Waals surface area contributed by atoms with Crippen molar-refractivity contribution in [1.82, 2.24) is 5.32 Å². The third kappa shape index (κ3) is 2.13. The van der Waals surface area contributed by atoms with Gasteiger partial charge in [0, 0.05) is 21.6 Å². The highest BCUT2D eigenvalue weighted by molar-refractivity contribution is 9.10. The second kappa shape index (κ2) is 5.21. The molecule has 2 bridgehead atoms. The van der Waals surface area contributed by atoms with Crippen LogP contribution in [0.25, 0.3) is 0 Å². The Bertz CT molecular complexity index is 826. The second-order valence-electron chi connectivity index (χ2n) is 6.37. The first kappa shape index (κ1) is 15.4. The van der Waals surface area contributed by atoms with Gasteiger partial charge in [-0.05, 0) is 49.4 Å². The zero-order valence-corrected chi connectivity index (χ0v) is 14.8. The molecule has 0 spiro atoms. The summed E-state index contributed by atoms with van der Waals surface area (Å²) in [7, 11) is 0. The van der Waals surface area contributed by atoms with Gasteiger partial charge in [0.05, 0.1) is 6.04 Å². The number of amides is 2. The van der Waals surface area contributed by atoms with Gasteiger partial charge in [0.25, 0.3) is 0 Å². The Morgan fingerprint density at radius 1 is 1.25 bits per heavy atom. The van der Waals surface area contributed by atoms with Crippen LogP contribution in [0.2, 0.25) is 0 Å². The van der Waals surface area contributed by atoms with Gasteiger partial charge in [-0.25, -0.2) is 9.18 Å². The van der Waals surface area contributed by atoms with Crippen LogP contribution in [0.3, 0.4) is 0 Å². The first-order valence-electron chi connectivity index (χ1n) is 7.75. The maximum Gasteiger partial charge on any atom is 0.325 e. The molecule has 1 saturated heterocycles. The van der Waals surface area contributed by atoms with Crippen molar-refractivity contribution in [3.63, 3.8) is 0 Å². The number of urea groups is 1. The summed E-state index contributed by atoms with van der Waals surface area (Å²) < 4.78 is 20.5. The van der Waals surface area contributed by atoms with Gasteiger partial charge in [-0.1, -0.05) is 22.9 Å². The molecule has 3 atom stereocenters. The van der Waals surface area contributed by atoms with Crippen molar-refractivity contribution in [3.8, 4) is 5.75 Å². The number of ether oxygens (including phenoxy) is 1. The summed E-state index contributed by atoms with van der Waals surface area (Å²) in [6, 6.07) is 11.3. The van der Waals surface area contributed by atoms with Crippen molar-refractivity contribution in [1.29, 1.82) is 0 Å². The molecule has 0 aromatic heterocycles. The van der Waals surface area contributed by atoms with Crippen LogP contribution in [0.1, 0.15) is 25.5 Å². The summed E-state index contributed by atoms with van der Waals surface area (Å²) in [5.74, 6) is 0.407. The van der Waals surface area contributed by atoms with Crippen LogP contribution in [-0.4, -0.2) is 11.8 Å². The number of carbonyl (C=O) groups excluding carboxylic acids is 1. The highest BCUT2D eigenvalue weighted by Crippen LogP contribution is 2.49. The fraction of sp³-hybridized carbons (Fsp3) is 0.278. The van der Waals surface area contributed by atoms with E-state index in [1.807, 2.05) is 32.0 Å². The Morgan fingerprint density at radius 3 is 2.67 bits per heavy atom. The molecular formula is C18H16BrFN2O2. The summed E-state index contributed by atoms with van der Waals surface area (Å²) >= 11 is 3.47. The third-order valence-electron chi connectivity index (χ3n) is 4.98. The number of fused-ring (bicyclic) bond motifs is 4. The van der Waals surface area contributed by atoms with Crippen LogP contribution in [0.15, 0.2) is 46.9 Å². The predicted molar refractivity (Wildman–Crippen MR) is 92.5 cm³/mol. The van der Waals surface area contributed by atoms with E-state index >= 15 is 0 Å². The van der Waals surface area contributed by atoms with Crippen molar-refractivity contribution in [3.05, 3.63) is 58.3 Å². The van der Waals surface area contributed by atoms with Gasteiger partial charge in [-0.2, -0.15) is 0 Å². The minimum Gasteiger partial charge on any atom is -0.467 e. The number of hydrogen-bond acceptors (Lipinski definition) is 2. The molecule has 2 aliphatic heterocycles. The highest BCUT2D eigenvalue weighted by Gasteiger charge is 2.55. The molecule has 0 radical (unpaired) electrons. The van der Waals surface area contributed by atoms with E-state index < -0.39 is 5.72 Å². The lowest BCUT2D eigenvalue weighted by atomic mass is 9.80. The molecule has 2 amide bonds. The molecule has 24 heavy (non-hydrogen) atoms. The Kier molecular flexibility index (Phi) is 3.35. The van der Waals surface area contributed by atoms with Gasteiger partial charge < -0.3 is 10.1 Å². The van der Waals surface area contributed by atoms with Crippen molar-refractivity contribution < 1.29 is 13.9 Å². The fourth-order valence-electron chi connectivity index (χ4n) is 3.56. The zero-order chi connectivity index (χ0) is 17.1. The summed E-state index contributed by atoms with van der Waals surface area (Å²) in [5.41, 5.74) is 0.704. The number of halogens is 2. The SMILES string of the molecule is CC1C2NC(=O)N(c3ccc(F)cc3)C1(C)Oc1ccc(Br)cc12. The lowest BCUT2D eigenvalue weighted by molar-refractivity contribution is -0.0126. The van der Waals surface area contributed by atoms with E-state index in [0.717, 1.165) is 15.8 Å². The molecule has 2 aromatic carbocycles. The minimum absolute atomic E-state index is 0.00190. The minimum atomic E-state index is -0.855. The van der Waals surface area contributed by atoms with Crippen LogP contribution in [0.4, 0.5) is 14.9 Å². The largest absolute Gasteiger partial charge is 0.467 e. The first-order valence-corrected chi connectivity index (χ1v) is 8.54. The number of rotatable bonds is 1. The van der Waals surface area contributed by atoms with Crippen LogP contribution in [0, 0.1) is 11.7 Å². The molecule has 1 fully saturated rings. The average molecular weight is 391 g/mol. The van der Waals surface area contributed by atoms with E-state index in [4.69, 9.17) is 4.74 Å². The van der Waals surface area contributed by atoms with E-state index in [9.17, 15) is 9.18 Å². The monoisotopic (exact) mass is 390 g/mol. The molecule has 0 saturated carbocycles. The number of nitrogens with zero attached hydrogens (tertiary/aromatic N) is 1. The number of carbonyl (C=O) groups is 1. The van der Waals surface area contributed by atoms with Gasteiger partial charge in [0.2, 0.25) is 0 Å². The maximum atomic E-state index is 13.3. The van der Waals surface area contributed by atoms with E-state index in [-0.39, 0.29) is 23.8 Å². The van der Waals surface area contributed by atoms with Crippen LogP contribution < -0.4 is 15.0 Å². The number of hydrogen-bond donors (Lipinski definition) is 1. The maximum absolute atomic E-state index is 13.3. The fourth-order valence-corrected chi connectivity index (χ4v) is 3.94. The van der Waals surface area contributed by atoms with E-state index in [0.29, 0.717) is 5.69 Å². The molecule has 3 unspecified atom stereocenters. The molecule has 4 rings (SSSR count). The van der Waals surface area contributed by atoms with E-state index in [1.54, 1.807) is 17.0 Å². The van der Waals surface area contributed by atoms with Crippen LogP contribution in [-0.2, 0) is 0 Å². The normalized spacial score (nSPS) is 28.0. The Hall–Kier alpha value is -2.08. The van der Waals surface area contributed by atoms with Crippen molar-refractivity contribution in [2.45, 2.75) is 25.6 Å². The van der Waals surface area contributed by atoms with E-state index in [1.165, 1.54) is 12.1 Å². The number of nitrogens with one attached hydrogen (secondary N) is 1.